The van der Waals surface area contributed by atoms with E-state index in [2.05, 4.69) is 58.3 Å². The molecule has 8 nitrogen and oxygen atoms in total. The first-order valence-electron chi connectivity index (χ1n) is 10.2. The molecule has 33 heavy (non-hydrogen) atoms. The first-order valence-corrected chi connectivity index (χ1v) is 13.0. The van der Waals surface area contributed by atoms with Crippen LogP contribution in [0.1, 0.15) is 33.7 Å². The van der Waals surface area contributed by atoms with Crippen molar-refractivity contribution in [2.45, 2.75) is 43.1 Å². The van der Waals surface area contributed by atoms with Gasteiger partial charge < -0.3 is 14.6 Å². The van der Waals surface area contributed by atoms with Crippen LogP contribution in [0.5, 0.6) is 0 Å². The zero-order valence-electron chi connectivity index (χ0n) is 18.7. The summed E-state index contributed by atoms with van der Waals surface area (Å²) >= 11 is 4.10. The standard InChI is InChI=1S/C22H25N5O3S3/c1-5-11-30-20(29)19-15(4)23-21(33-19)24-18(28)13-32-22-26-25-17(27(22)6-2)12-31-16-9-7-14(3)8-10-16/h5,7-10H,1,6,11-13H2,2-4H3,(H,23,24,28). The van der Waals surface area contributed by atoms with Crippen molar-refractivity contribution >= 4 is 51.9 Å². The molecule has 3 aromatic rings. The van der Waals surface area contributed by atoms with E-state index in [9.17, 15) is 9.59 Å². The molecule has 0 spiro atoms. The minimum Gasteiger partial charge on any atom is -0.457 e. The fourth-order valence-corrected chi connectivity index (χ4v) is 5.29. The van der Waals surface area contributed by atoms with Gasteiger partial charge in [-0.3, -0.25) is 4.79 Å². The van der Waals surface area contributed by atoms with Gasteiger partial charge in [0.1, 0.15) is 17.3 Å². The Kier molecular flexibility index (Phi) is 9.10. The Morgan fingerprint density at radius 1 is 1.21 bits per heavy atom. The van der Waals surface area contributed by atoms with Crippen molar-refractivity contribution in [1.82, 2.24) is 19.7 Å². The van der Waals surface area contributed by atoms with Crippen LogP contribution in [0.4, 0.5) is 5.13 Å². The summed E-state index contributed by atoms with van der Waals surface area (Å²) in [6.07, 6.45) is 1.50. The molecule has 0 aliphatic rings. The van der Waals surface area contributed by atoms with Gasteiger partial charge in [0, 0.05) is 11.4 Å². The van der Waals surface area contributed by atoms with Crippen LogP contribution >= 0.6 is 34.9 Å². The molecule has 0 saturated carbocycles. The number of thiazole rings is 1. The zero-order chi connectivity index (χ0) is 23.8. The van der Waals surface area contributed by atoms with Gasteiger partial charge in [0.15, 0.2) is 10.3 Å². The predicted octanol–water partition coefficient (Wildman–Crippen LogP) is 4.74. The monoisotopic (exact) mass is 503 g/mol. The quantitative estimate of drug-likeness (QED) is 0.228. The lowest BCUT2D eigenvalue weighted by Crippen LogP contribution is -2.14. The molecule has 2 aromatic heterocycles. The number of ether oxygens (including phenoxy) is 1. The Hall–Kier alpha value is -2.63. The number of anilines is 1. The average Bonchev–Trinajstić information content (AvgIpc) is 3.37. The Labute approximate surface area is 205 Å². The van der Waals surface area contributed by atoms with E-state index in [1.165, 1.54) is 28.3 Å². The molecule has 0 atom stereocenters. The number of amides is 1. The van der Waals surface area contributed by atoms with Gasteiger partial charge in [0.25, 0.3) is 0 Å². The van der Waals surface area contributed by atoms with E-state index in [0.29, 0.717) is 33.2 Å². The molecule has 0 radical (unpaired) electrons. The normalized spacial score (nSPS) is 10.8. The number of nitrogens with zero attached hydrogens (tertiary/aromatic N) is 4. The van der Waals surface area contributed by atoms with Crippen molar-refractivity contribution in [1.29, 1.82) is 0 Å². The van der Waals surface area contributed by atoms with E-state index in [0.717, 1.165) is 17.2 Å². The van der Waals surface area contributed by atoms with Crippen LogP contribution < -0.4 is 5.32 Å². The minimum absolute atomic E-state index is 0.123. The smallest absolute Gasteiger partial charge is 0.350 e. The van der Waals surface area contributed by atoms with Gasteiger partial charge >= 0.3 is 5.97 Å². The molecule has 0 aliphatic heterocycles. The summed E-state index contributed by atoms with van der Waals surface area (Å²) in [7, 11) is 0. The molecular weight excluding hydrogens is 478 g/mol. The fourth-order valence-electron chi connectivity index (χ4n) is 2.76. The number of aryl methyl sites for hydroxylation is 2. The molecule has 0 fully saturated rings. The van der Waals surface area contributed by atoms with E-state index in [1.807, 2.05) is 11.5 Å². The van der Waals surface area contributed by atoms with Crippen molar-refractivity contribution in [3.8, 4) is 0 Å². The maximum absolute atomic E-state index is 12.4. The second-order valence-electron chi connectivity index (χ2n) is 6.90. The molecule has 2 heterocycles. The van der Waals surface area contributed by atoms with Crippen LogP contribution in [0.15, 0.2) is 47.0 Å². The molecule has 1 N–H and O–H groups in total. The second-order valence-corrected chi connectivity index (χ2v) is 9.89. The van der Waals surface area contributed by atoms with Crippen LogP contribution in [-0.2, 0) is 21.8 Å². The maximum Gasteiger partial charge on any atom is 0.350 e. The lowest BCUT2D eigenvalue weighted by molar-refractivity contribution is -0.113. The Balaban J connectivity index is 1.55. The summed E-state index contributed by atoms with van der Waals surface area (Å²) < 4.78 is 7.05. The van der Waals surface area contributed by atoms with Crippen LogP contribution in [0.2, 0.25) is 0 Å². The third kappa shape index (κ3) is 6.92. The molecule has 11 heteroatoms. The van der Waals surface area contributed by atoms with Crippen molar-refractivity contribution in [2.75, 3.05) is 17.7 Å². The van der Waals surface area contributed by atoms with Crippen molar-refractivity contribution < 1.29 is 14.3 Å². The van der Waals surface area contributed by atoms with Gasteiger partial charge in [0.2, 0.25) is 5.91 Å². The third-order valence-electron chi connectivity index (χ3n) is 4.39. The number of carbonyl (C=O) groups is 2. The largest absolute Gasteiger partial charge is 0.457 e. The van der Waals surface area contributed by atoms with Gasteiger partial charge in [-0.15, -0.1) is 22.0 Å². The summed E-state index contributed by atoms with van der Waals surface area (Å²) in [6.45, 7) is 10.1. The maximum atomic E-state index is 12.4. The lowest BCUT2D eigenvalue weighted by Gasteiger charge is -2.07. The summed E-state index contributed by atoms with van der Waals surface area (Å²) in [5.41, 5.74) is 1.74. The number of nitrogens with one attached hydrogen (secondary N) is 1. The number of rotatable bonds is 11. The highest BCUT2D eigenvalue weighted by molar-refractivity contribution is 7.99. The Morgan fingerprint density at radius 3 is 2.67 bits per heavy atom. The van der Waals surface area contributed by atoms with Gasteiger partial charge in [-0.05, 0) is 32.9 Å². The molecule has 0 bridgehead atoms. The van der Waals surface area contributed by atoms with Gasteiger partial charge in [-0.2, -0.15) is 0 Å². The average molecular weight is 504 g/mol. The zero-order valence-corrected chi connectivity index (χ0v) is 21.1. The van der Waals surface area contributed by atoms with Crippen LogP contribution in [0.3, 0.4) is 0 Å². The van der Waals surface area contributed by atoms with E-state index >= 15 is 0 Å². The van der Waals surface area contributed by atoms with E-state index in [-0.39, 0.29) is 18.3 Å². The highest BCUT2D eigenvalue weighted by Gasteiger charge is 2.18. The first kappa shape index (κ1) is 25.0. The molecule has 1 amide bonds. The lowest BCUT2D eigenvalue weighted by atomic mass is 10.2. The van der Waals surface area contributed by atoms with Crippen molar-refractivity contribution in [3.63, 3.8) is 0 Å². The summed E-state index contributed by atoms with van der Waals surface area (Å²) in [5, 5.41) is 12.4. The van der Waals surface area contributed by atoms with E-state index in [1.54, 1.807) is 18.7 Å². The number of benzene rings is 1. The summed E-state index contributed by atoms with van der Waals surface area (Å²) in [4.78, 5) is 30.2. The SMILES string of the molecule is C=CCOC(=O)c1sc(NC(=O)CSc2nnc(CSc3ccc(C)cc3)n2CC)nc1C. The third-order valence-corrected chi connectivity index (χ3v) is 7.42. The summed E-state index contributed by atoms with van der Waals surface area (Å²) in [5.74, 6) is 0.995. The van der Waals surface area contributed by atoms with Crippen LogP contribution in [0.25, 0.3) is 0 Å². The van der Waals surface area contributed by atoms with Crippen molar-refractivity contribution in [2.24, 2.45) is 0 Å². The number of carbonyl (C=O) groups excluding carboxylic acids is 2. The van der Waals surface area contributed by atoms with Gasteiger partial charge in [0.05, 0.1) is 17.2 Å². The van der Waals surface area contributed by atoms with Gasteiger partial charge in [-0.1, -0.05) is 53.4 Å². The first-order chi connectivity index (χ1) is 15.9. The fraction of sp³-hybridized carbons (Fsp3) is 0.318. The highest BCUT2D eigenvalue weighted by Crippen LogP contribution is 2.26. The topological polar surface area (TPSA) is 99.0 Å². The Morgan fingerprint density at radius 2 is 1.97 bits per heavy atom. The van der Waals surface area contributed by atoms with Crippen LogP contribution in [-0.4, -0.2) is 44.0 Å². The summed E-state index contributed by atoms with van der Waals surface area (Å²) in [6, 6.07) is 8.36. The second kappa shape index (κ2) is 12.0. The number of esters is 1. The molecule has 3 rings (SSSR count). The molecule has 1 aromatic carbocycles. The number of thioether (sulfide) groups is 2. The molecular formula is C22H25N5O3S3. The minimum atomic E-state index is -0.480. The van der Waals surface area contributed by atoms with E-state index in [4.69, 9.17) is 4.74 Å². The molecule has 0 aliphatic carbocycles. The van der Waals surface area contributed by atoms with Gasteiger partial charge in [-0.25, -0.2) is 9.78 Å². The van der Waals surface area contributed by atoms with Crippen molar-refractivity contribution in [3.05, 3.63) is 58.9 Å². The number of aromatic nitrogens is 4. The van der Waals surface area contributed by atoms with Crippen LogP contribution in [0, 0.1) is 13.8 Å². The number of hydrogen-bond acceptors (Lipinski definition) is 9. The molecule has 174 valence electrons. The number of hydrogen-bond donors (Lipinski definition) is 1. The molecule has 0 unspecified atom stereocenters. The Bertz CT molecular complexity index is 1130. The highest BCUT2D eigenvalue weighted by atomic mass is 32.2. The van der Waals surface area contributed by atoms with E-state index < -0.39 is 5.97 Å². The molecule has 0 saturated heterocycles. The predicted molar refractivity (Wildman–Crippen MR) is 133 cm³/mol.